The average Bonchev–Trinajstić information content (AvgIpc) is 3.09. The molecule has 4 rings (SSSR count). The van der Waals surface area contributed by atoms with Crippen LogP contribution in [-0.4, -0.2) is 25.5 Å². The van der Waals surface area contributed by atoms with Crippen LogP contribution in [0, 0.1) is 0 Å². The minimum absolute atomic E-state index is 0.670. The molecule has 112 valence electrons. The molecule has 0 aliphatic heterocycles. The van der Waals surface area contributed by atoms with Gasteiger partial charge in [-0.15, -0.1) is 15.3 Å². The van der Waals surface area contributed by atoms with E-state index in [4.69, 9.17) is 0 Å². The third kappa shape index (κ3) is 2.40. The smallest absolute Gasteiger partial charge is 0.185 e. The Kier molecular flexibility index (Phi) is 3.20. The summed E-state index contributed by atoms with van der Waals surface area (Å²) in [5.41, 5.74) is 5.75. The van der Waals surface area contributed by atoms with Crippen LogP contribution in [0.4, 0.5) is 5.82 Å². The Bertz CT molecular complexity index is 1000. The number of hydrogen-bond donors (Lipinski definition) is 1. The molecular weight excluding hydrogens is 288 g/mol. The van der Waals surface area contributed by atoms with E-state index in [-0.39, 0.29) is 0 Å². The second-order valence-corrected chi connectivity index (χ2v) is 5.17. The predicted molar refractivity (Wildman–Crippen MR) is 90.6 cm³/mol. The van der Waals surface area contributed by atoms with E-state index in [1.165, 1.54) is 0 Å². The SMILES string of the molecule is CC(=NNc1nn2cnnc2c2ccccc12)c1ccccc1. The zero-order valence-corrected chi connectivity index (χ0v) is 12.5. The van der Waals surface area contributed by atoms with Crippen molar-refractivity contribution in [3.05, 3.63) is 66.5 Å². The van der Waals surface area contributed by atoms with Gasteiger partial charge < -0.3 is 0 Å². The Morgan fingerprint density at radius 2 is 1.74 bits per heavy atom. The number of hydrazone groups is 1. The molecule has 6 heteroatoms. The Balaban J connectivity index is 1.79. The molecule has 0 aliphatic rings. The summed E-state index contributed by atoms with van der Waals surface area (Å²) in [5.74, 6) is 0.670. The second kappa shape index (κ2) is 5.49. The summed E-state index contributed by atoms with van der Waals surface area (Å²) in [7, 11) is 0. The number of rotatable bonds is 3. The predicted octanol–water partition coefficient (Wildman–Crippen LogP) is 3.11. The van der Waals surface area contributed by atoms with Crippen LogP contribution >= 0.6 is 0 Å². The molecule has 0 fully saturated rings. The van der Waals surface area contributed by atoms with Gasteiger partial charge >= 0.3 is 0 Å². The fourth-order valence-electron chi connectivity index (χ4n) is 2.49. The average molecular weight is 302 g/mol. The summed E-state index contributed by atoms with van der Waals surface area (Å²) in [4.78, 5) is 0. The zero-order chi connectivity index (χ0) is 15.6. The molecule has 1 N–H and O–H groups in total. The Morgan fingerprint density at radius 1 is 1.00 bits per heavy atom. The first kappa shape index (κ1) is 13.4. The highest BCUT2D eigenvalue weighted by molar-refractivity contribution is 6.01. The topological polar surface area (TPSA) is 67.5 Å². The van der Waals surface area contributed by atoms with E-state index in [9.17, 15) is 0 Å². The first-order valence-electron chi connectivity index (χ1n) is 7.27. The molecule has 0 saturated carbocycles. The van der Waals surface area contributed by atoms with Crippen molar-refractivity contribution in [3.63, 3.8) is 0 Å². The summed E-state index contributed by atoms with van der Waals surface area (Å²) in [6.07, 6.45) is 1.58. The summed E-state index contributed by atoms with van der Waals surface area (Å²) in [6.45, 7) is 1.96. The van der Waals surface area contributed by atoms with E-state index in [0.29, 0.717) is 5.82 Å². The number of nitrogens with one attached hydrogen (secondary N) is 1. The number of hydrogen-bond acceptors (Lipinski definition) is 5. The van der Waals surface area contributed by atoms with E-state index in [2.05, 4.69) is 25.8 Å². The Labute approximate surface area is 132 Å². The number of aromatic nitrogens is 4. The second-order valence-electron chi connectivity index (χ2n) is 5.17. The van der Waals surface area contributed by atoms with Crippen LogP contribution in [0.3, 0.4) is 0 Å². The first-order chi connectivity index (χ1) is 11.3. The highest BCUT2D eigenvalue weighted by Crippen LogP contribution is 2.23. The first-order valence-corrected chi connectivity index (χ1v) is 7.27. The maximum Gasteiger partial charge on any atom is 0.185 e. The summed E-state index contributed by atoms with van der Waals surface area (Å²) < 4.78 is 1.65. The van der Waals surface area contributed by atoms with Crippen molar-refractivity contribution < 1.29 is 0 Å². The van der Waals surface area contributed by atoms with Crippen LogP contribution < -0.4 is 5.43 Å². The quantitative estimate of drug-likeness (QED) is 0.466. The third-order valence-electron chi connectivity index (χ3n) is 3.68. The van der Waals surface area contributed by atoms with Crippen LogP contribution in [0.2, 0.25) is 0 Å². The molecule has 0 bridgehead atoms. The molecule has 2 heterocycles. The normalized spacial score (nSPS) is 12.0. The molecule has 0 amide bonds. The summed E-state index contributed by atoms with van der Waals surface area (Å²) in [5, 5.41) is 18.9. The van der Waals surface area contributed by atoms with E-state index in [0.717, 1.165) is 27.7 Å². The molecule has 0 saturated heterocycles. The lowest BCUT2D eigenvalue weighted by molar-refractivity contribution is 0.934. The molecule has 0 aliphatic carbocycles. The summed E-state index contributed by atoms with van der Waals surface area (Å²) >= 11 is 0. The molecule has 6 nitrogen and oxygen atoms in total. The molecule has 23 heavy (non-hydrogen) atoms. The van der Waals surface area contributed by atoms with Gasteiger partial charge in [-0.05, 0) is 12.5 Å². The maximum absolute atomic E-state index is 4.50. The van der Waals surface area contributed by atoms with E-state index in [1.807, 2.05) is 61.5 Å². The van der Waals surface area contributed by atoms with Crippen molar-refractivity contribution in [1.82, 2.24) is 19.8 Å². The minimum Gasteiger partial charge on any atom is -0.259 e. The summed E-state index contributed by atoms with van der Waals surface area (Å²) in [6, 6.07) is 17.9. The van der Waals surface area contributed by atoms with Crippen molar-refractivity contribution >= 4 is 27.9 Å². The lowest BCUT2D eigenvalue weighted by Crippen LogP contribution is -2.03. The maximum atomic E-state index is 4.50. The Hall–Kier alpha value is -3.28. The molecule has 0 atom stereocenters. The highest BCUT2D eigenvalue weighted by atomic mass is 15.4. The third-order valence-corrected chi connectivity index (χ3v) is 3.68. The van der Waals surface area contributed by atoms with Crippen molar-refractivity contribution in [2.45, 2.75) is 6.92 Å². The fraction of sp³-hybridized carbons (Fsp3) is 0.0588. The molecule has 0 radical (unpaired) electrons. The van der Waals surface area contributed by atoms with Crippen LogP contribution in [0.5, 0.6) is 0 Å². The van der Waals surface area contributed by atoms with Gasteiger partial charge in [0.2, 0.25) is 0 Å². The largest absolute Gasteiger partial charge is 0.259 e. The van der Waals surface area contributed by atoms with Gasteiger partial charge in [0, 0.05) is 10.8 Å². The van der Waals surface area contributed by atoms with Crippen LogP contribution in [-0.2, 0) is 0 Å². The molecule has 2 aromatic carbocycles. The van der Waals surface area contributed by atoms with Gasteiger partial charge in [0.25, 0.3) is 0 Å². The molecule has 0 unspecified atom stereocenters. The highest BCUT2D eigenvalue weighted by Gasteiger charge is 2.09. The van der Waals surface area contributed by atoms with Crippen molar-refractivity contribution in [1.29, 1.82) is 0 Å². The van der Waals surface area contributed by atoms with Crippen LogP contribution in [0.15, 0.2) is 66.0 Å². The molecule has 0 spiro atoms. The van der Waals surface area contributed by atoms with Gasteiger partial charge in [-0.2, -0.15) is 9.62 Å². The van der Waals surface area contributed by atoms with Gasteiger partial charge in [-0.25, -0.2) is 0 Å². The number of nitrogens with zero attached hydrogens (tertiary/aromatic N) is 5. The van der Waals surface area contributed by atoms with Gasteiger partial charge in [0.05, 0.1) is 5.71 Å². The molecular formula is C17H14N6. The lowest BCUT2D eigenvalue weighted by atomic mass is 10.1. The number of anilines is 1. The standard InChI is InChI=1S/C17H14N6/c1-12(13-7-3-2-4-8-13)19-20-16-14-9-5-6-10-15(14)17-21-18-11-23(17)22-16/h2-11H,1H3,(H,20,22). The number of benzene rings is 2. The molecule has 2 aromatic heterocycles. The Morgan fingerprint density at radius 3 is 2.57 bits per heavy atom. The number of fused-ring (bicyclic) bond motifs is 3. The van der Waals surface area contributed by atoms with Gasteiger partial charge in [-0.3, -0.25) is 5.43 Å². The van der Waals surface area contributed by atoms with Crippen LogP contribution in [0.25, 0.3) is 16.4 Å². The van der Waals surface area contributed by atoms with Crippen molar-refractivity contribution in [3.8, 4) is 0 Å². The van der Waals surface area contributed by atoms with Gasteiger partial charge in [0.15, 0.2) is 11.5 Å². The zero-order valence-electron chi connectivity index (χ0n) is 12.5. The van der Waals surface area contributed by atoms with E-state index in [1.54, 1.807) is 10.8 Å². The lowest BCUT2D eigenvalue weighted by Gasteiger charge is -2.07. The van der Waals surface area contributed by atoms with Gasteiger partial charge in [0.1, 0.15) is 6.33 Å². The van der Waals surface area contributed by atoms with Crippen LogP contribution in [0.1, 0.15) is 12.5 Å². The van der Waals surface area contributed by atoms with E-state index >= 15 is 0 Å². The molecule has 4 aromatic rings. The minimum atomic E-state index is 0.670. The van der Waals surface area contributed by atoms with Crippen molar-refractivity contribution in [2.24, 2.45) is 5.10 Å². The fourth-order valence-corrected chi connectivity index (χ4v) is 2.49. The van der Waals surface area contributed by atoms with Crippen molar-refractivity contribution in [2.75, 3.05) is 5.43 Å². The van der Waals surface area contributed by atoms with Gasteiger partial charge in [-0.1, -0.05) is 54.6 Å². The van der Waals surface area contributed by atoms with E-state index < -0.39 is 0 Å². The monoisotopic (exact) mass is 302 g/mol.